The summed E-state index contributed by atoms with van der Waals surface area (Å²) in [5.41, 5.74) is 5.03. The van der Waals surface area contributed by atoms with E-state index < -0.39 is 0 Å². The number of benzene rings is 2. The highest BCUT2D eigenvalue weighted by Crippen LogP contribution is 2.32. The molecular formula is C30H44N2O2. The standard InChI is InChI=1S/C30H44N2O2/c1-3-17-31(25-13-15-27-23(21-25)9-7-11-29(27)33)19-5-6-20-32(18-4-2)26-14-16-28-24(22-26)10-8-12-30(28)34/h7-12,25-26,33-34H,3-6,13-22H2,1-2H3/t25-,26-/m0/s1. The highest BCUT2D eigenvalue weighted by molar-refractivity contribution is 5.42. The van der Waals surface area contributed by atoms with E-state index in [9.17, 15) is 10.2 Å². The van der Waals surface area contributed by atoms with Crippen LogP contribution in [-0.4, -0.2) is 58.3 Å². The molecule has 0 radical (unpaired) electrons. The topological polar surface area (TPSA) is 46.9 Å². The van der Waals surface area contributed by atoms with Gasteiger partial charge in [-0.3, -0.25) is 0 Å². The Hall–Kier alpha value is -2.04. The summed E-state index contributed by atoms with van der Waals surface area (Å²) in [6, 6.07) is 13.3. The SMILES string of the molecule is CCCN(CCCCN(CCC)[C@H]1CCc2c(O)cccc2C1)[C@H]1CCc2c(O)cccc2C1. The van der Waals surface area contributed by atoms with E-state index in [2.05, 4.69) is 35.8 Å². The average molecular weight is 465 g/mol. The Bertz CT molecular complexity index is 853. The molecule has 4 heteroatoms. The van der Waals surface area contributed by atoms with Crippen LogP contribution in [0.5, 0.6) is 11.5 Å². The Labute approximate surface area is 206 Å². The third-order valence-corrected chi connectivity index (χ3v) is 8.06. The van der Waals surface area contributed by atoms with Crippen LogP contribution in [0, 0.1) is 0 Å². The van der Waals surface area contributed by atoms with Crippen molar-refractivity contribution in [3.63, 3.8) is 0 Å². The maximum atomic E-state index is 10.2. The van der Waals surface area contributed by atoms with Crippen molar-refractivity contribution in [3.8, 4) is 11.5 Å². The highest BCUT2D eigenvalue weighted by atomic mass is 16.3. The molecule has 2 aromatic rings. The van der Waals surface area contributed by atoms with Crippen LogP contribution in [0.4, 0.5) is 0 Å². The second kappa shape index (κ2) is 12.1. The monoisotopic (exact) mass is 464 g/mol. The largest absolute Gasteiger partial charge is 0.508 e. The summed E-state index contributed by atoms with van der Waals surface area (Å²) < 4.78 is 0. The number of hydrogen-bond donors (Lipinski definition) is 2. The summed E-state index contributed by atoms with van der Waals surface area (Å²) in [6.07, 6.45) is 11.3. The van der Waals surface area contributed by atoms with Crippen molar-refractivity contribution in [2.45, 2.75) is 90.1 Å². The molecule has 2 atom stereocenters. The van der Waals surface area contributed by atoms with Crippen LogP contribution < -0.4 is 0 Å². The maximum absolute atomic E-state index is 10.2. The van der Waals surface area contributed by atoms with Gasteiger partial charge in [0.05, 0.1) is 0 Å². The maximum Gasteiger partial charge on any atom is 0.119 e. The zero-order valence-electron chi connectivity index (χ0n) is 21.3. The van der Waals surface area contributed by atoms with E-state index >= 15 is 0 Å². The molecule has 0 spiro atoms. The third kappa shape index (κ3) is 5.95. The quantitative estimate of drug-likeness (QED) is 0.418. The van der Waals surface area contributed by atoms with Gasteiger partial charge in [0.15, 0.2) is 0 Å². The number of phenolic OH excluding ortho intramolecular Hbond substituents is 2. The van der Waals surface area contributed by atoms with Crippen molar-refractivity contribution < 1.29 is 10.2 Å². The normalized spacial score (nSPS) is 19.9. The van der Waals surface area contributed by atoms with Crippen LogP contribution in [0.3, 0.4) is 0 Å². The number of nitrogens with zero attached hydrogens (tertiary/aromatic N) is 2. The fourth-order valence-corrected chi connectivity index (χ4v) is 6.32. The van der Waals surface area contributed by atoms with E-state index in [-0.39, 0.29) is 0 Å². The number of phenols is 2. The lowest BCUT2D eigenvalue weighted by atomic mass is 9.86. The van der Waals surface area contributed by atoms with Gasteiger partial charge in [-0.05, 0) is 125 Å². The van der Waals surface area contributed by atoms with E-state index in [1.807, 2.05) is 24.3 Å². The zero-order valence-corrected chi connectivity index (χ0v) is 21.3. The van der Waals surface area contributed by atoms with E-state index in [1.165, 1.54) is 74.1 Å². The first kappa shape index (κ1) is 25.1. The summed E-state index contributed by atoms with van der Waals surface area (Å²) in [7, 11) is 0. The molecule has 34 heavy (non-hydrogen) atoms. The molecular weight excluding hydrogens is 420 g/mol. The fraction of sp³-hybridized carbons (Fsp3) is 0.600. The van der Waals surface area contributed by atoms with E-state index in [4.69, 9.17) is 0 Å². The first-order valence-corrected chi connectivity index (χ1v) is 13.7. The van der Waals surface area contributed by atoms with E-state index in [1.54, 1.807) is 0 Å². The third-order valence-electron chi connectivity index (χ3n) is 8.06. The van der Waals surface area contributed by atoms with Gasteiger partial charge in [-0.1, -0.05) is 38.1 Å². The summed E-state index contributed by atoms with van der Waals surface area (Å²) in [4.78, 5) is 5.44. The van der Waals surface area contributed by atoms with Crippen molar-refractivity contribution in [3.05, 3.63) is 58.7 Å². The summed E-state index contributed by atoms with van der Waals surface area (Å²) in [6.45, 7) is 9.26. The second-order valence-corrected chi connectivity index (χ2v) is 10.4. The molecule has 2 aromatic carbocycles. The number of unbranched alkanes of at least 4 members (excludes halogenated alkanes) is 1. The van der Waals surface area contributed by atoms with Crippen molar-refractivity contribution in [1.82, 2.24) is 9.80 Å². The Morgan fingerprint density at radius 2 is 1.12 bits per heavy atom. The van der Waals surface area contributed by atoms with Gasteiger partial charge in [-0.2, -0.15) is 0 Å². The molecule has 4 nitrogen and oxygen atoms in total. The predicted molar refractivity (Wildman–Crippen MR) is 141 cm³/mol. The Morgan fingerprint density at radius 3 is 1.53 bits per heavy atom. The smallest absolute Gasteiger partial charge is 0.119 e. The minimum absolute atomic E-state index is 0.481. The van der Waals surface area contributed by atoms with Crippen LogP contribution in [0.15, 0.2) is 36.4 Å². The minimum Gasteiger partial charge on any atom is -0.508 e. The molecule has 4 rings (SSSR count). The van der Waals surface area contributed by atoms with Gasteiger partial charge >= 0.3 is 0 Å². The van der Waals surface area contributed by atoms with Gasteiger partial charge < -0.3 is 20.0 Å². The molecule has 0 saturated carbocycles. The lowest BCUT2D eigenvalue weighted by Gasteiger charge is -2.37. The molecule has 0 amide bonds. The van der Waals surface area contributed by atoms with Crippen LogP contribution in [0.1, 0.15) is 74.6 Å². The summed E-state index contributed by atoms with van der Waals surface area (Å²) >= 11 is 0. The van der Waals surface area contributed by atoms with Gasteiger partial charge in [-0.25, -0.2) is 0 Å². The van der Waals surface area contributed by atoms with Crippen molar-refractivity contribution in [1.29, 1.82) is 0 Å². The van der Waals surface area contributed by atoms with E-state index in [0.29, 0.717) is 23.6 Å². The van der Waals surface area contributed by atoms with Crippen LogP contribution in [0.25, 0.3) is 0 Å². The molecule has 0 aliphatic heterocycles. The predicted octanol–water partition coefficient (Wildman–Crippen LogP) is 5.72. The minimum atomic E-state index is 0.481. The lowest BCUT2D eigenvalue weighted by Crippen LogP contribution is -2.42. The number of rotatable bonds is 11. The molecule has 0 bridgehead atoms. The Morgan fingerprint density at radius 1 is 0.676 bits per heavy atom. The molecule has 186 valence electrons. The Balaban J connectivity index is 1.29. The molecule has 2 N–H and O–H groups in total. The van der Waals surface area contributed by atoms with Gasteiger partial charge in [0.1, 0.15) is 11.5 Å². The highest BCUT2D eigenvalue weighted by Gasteiger charge is 2.27. The van der Waals surface area contributed by atoms with Crippen molar-refractivity contribution in [2.24, 2.45) is 0 Å². The molecule has 2 aliphatic carbocycles. The van der Waals surface area contributed by atoms with Crippen molar-refractivity contribution in [2.75, 3.05) is 26.2 Å². The molecule has 0 heterocycles. The van der Waals surface area contributed by atoms with Crippen LogP contribution >= 0.6 is 0 Å². The van der Waals surface area contributed by atoms with Gasteiger partial charge in [-0.15, -0.1) is 0 Å². The van der Waals surface area contributed by atoms with Crippen molar-refractivity contribution >= 4 is 0 Å². The average Bonchev–Trinajstić information content (AvgIpc) is 2.85. The first-order valence-electron chi connectivity index (χ1n) is 13.7. The van der Waals surface area contributed by atoms with Gasteiger partial charge in [0.2, 0.25) is 0 Å². The fourth-order valence-electron chi connectivity index (χ4n) is 6.32. The number of fused-ring (bicyclic) bond motifs is 2. The second-order valence-electron chi connectivity index (χ2n) is 10.4. The van der Waals surface area contributed by atoms with Gasteiger partial charge in [0.25, 0.3) is 0 Å². The van der Waals surface area contributed by atoms with E-state index in [0.717, 1.165) is 38.5 Å². The summed E-state index contributed by atoms with van der Waals surface area (Å²) in [5, 5.41) is 20.4. The number of aromatic hydroxyl groups is 2. The molecule has 0 aromatic heterocycles. The Kier molecular flexibility index (Phi) is 8.91. The molecule has 0 fully saturated rings. The lowest BCUT2D eigenvalue weighted by molar-refractivity contribution is 0.156. The first-order chi connectivity index (χ1) is 16.6. The van der Waals surface area contributed by atoms with Crippen LogP contribution in [0.2, 0.25) is 0 Å². The molecule has 0 unspecified atom stereocenters. The summed E-state index contributed by atoms with van der Waals surface area (Å²) in [5.74, 6) is 0.962. The molecule has 0 saturated heterocycles. The van der Waals surface area contributed by atoms with Gasteiger partial charge in [0, 0.05) is 12.1 Å². The molecule has 2 aliphatic rings. The number of hydrogen-bond acceptors (Lipinski definition) is 4. The van der Waals surface area contributed by atoms with Crippen LogP contribution in [-0.2, 0) is 25.7 Å². The zero-order chi connectivity index (χ0) is 23.9.